The molecular formula is C24H29N5O2. The van der Waals surface area contributed by atoms with Gasteiger partial charge in [-0.1, -0.05) is 19.9 Å². The van der Waals surface area contributed by atoms with E-state index in [4.69, 9.17) is 0 Å². The SMILES string of the molecule is CN(C(=O)[C@H]1CCC(=O)N1C)c1ccc2cc(-c3n[nH]c4c3CCC(C)(C)C4)[nH]c2c1. The third-order valence-electron chi connectivity index (χ3n) is 7.02. The minimum absolute atomic E-state index is 0.0296. The summed E-state index contributed by atoms with van der Waals surface area (Å²) in [6, 6.07) is 7.72. The van der Waals surface area contributed by atoms with E-state index >= 15 is 0 Å². The van der Waals surface area contributed by atoms with Gasteiger partial charge in [-0.2, -0.15) is 5.10 Å². The second-order valence-corrected chi connectivity index (χ2v) is 9.78. The van der Waals surface area contributed by atoms with Gasteiger partial charge in [0.15, 0.2) is 0 Å². The molecule has 1 atom stereocenters. The molecule has 7 heteroatoms. The zero-order valence-electron chi connectivity index (χ0n) is 18.6. The second kappa shape index (κ2) is 6.97. The van der Waals surface area contributed by atoms with E-state index in [-0.39, 0.29) is 17.9 Å². The van der Waals surface area contributed by atoms with Gasteiger partial charge in [0.2, 0.25) is 11.8 Å². The molecule has 5 rings (SSSR count). The Morgan fingerprint density at radius 1 is 1.26 bits per heavy atom. The number of hydrogen-bond donors (Lipinski definition) is 2. The van der Waals surface area contributed by atoms with E-state index in [0.29, 0.717) is 18.3 Å². The lowest BCUT2D eigenvalue weighted by molar-refractivity contribution is -0.132. The zero-order valence-corrected chi connectivity index (χ0v) is 18.6. The van der Waals surface area contributed by atoms with Crippen LogP contribution in [0.3, 0.4) is 0 Å². The van der Waals surface area contributed by atoms with Crippen molar-refractivity contribution in [3.63, 3.8) is 0 Å². The minimum atomic E-state index is -0.382. The number of aromatic nitrogens is 3. The average molecular weight is 420 g/mol. The van der Waals surface area contributed by atoms with Crippen LogP contribution in [-0.4, -0.2) is 52.0 Å². The molecule has 3 aromatic rings. The van der Waals surface area contributed by atoms with Crippen LogP contribution in [0.2, 0.25) is 0 Å². The van der Waals surface area contributed by atoms with Crippen LogP contribution in [0.4, 0.5) is 5.69 Å². The number of benzene rings is 1. The molecule has 1 aliphatic heterocycles. The Balaban J connectivity index is 1.43. The van der Waals surface area contributed by atoms with E-state index in [0.717, 1.165) is 47.2 Å². The molecule has 1 fully saturated rings. The van der Waals surface area contributed by atoms with Crippen molar-refractivity contribution in [1.29, 1.82) is 0 Å². The van der Waals surface area contributed by atoms with E-state index in [1.54, 1.807) is 23.9 Å². The number of nitrogens with zero attached hydrogens (tertiary/aromatic N) is 3. The van der Waals surface area contributed by atoms with Gasteiger partial charge in [0, 0.05) is 48.4 Å². The largest absolute Gasteiger partial charge is 0.353 e. The first-order chi connectivity index (χ1) is 14.7. The summed E-state index contributed by atoms with van der Waals surface area (Å²) in [5.41, 5.74) is 6.64. The first-order valence-corrected chi connectivity index (χ1v) is 11.0. The molecule has 0 saturated carbocycles. The van der Waals surface area contributed by atoms with Gasteiger partial charge in [-0.15, -0.1) is 0 Å². The van der Waals surface area contributed by atoms with Crippen LogP contribution in [0.5, 0.6) is 0 Å². The van der Waals surface area contributed by atoms with Gasteiger partial charge >= 0.3 is 0 Å². The molecule has 2 N–H and O–H groups in total. The number of carbonyl (C=O) groups excluding carboxylic acids is 2. The van der Waals surface area contributed by atoms with Gasteiger partial charge in [-0.3, -0.25) is 14.7 Å². The molecule has 0 radical (unpaired) electrons. The smallest absolute Gasteiger partial charge is 0.249 e. The van der Waals surface area contributed by atoms with E-state index in [9.17, 15) is 9.59 Å². The van der Waals surface area contributed by atoms with Crippen molar-refractivity contribution in [1.82, 2.24) is 20.1 Å². The van der Waals surface area contributed by atoms with Crippen LogP contribution in [-0.2, 0) is 22.4 Å². The molecule has 2 amide bonds. The number of likely N-dealkylation sites (N-methyl/N-ethyl adjacent to an activating group) is 2. The number of anilines is 1. The first-order valence-electron chi connectivity index (χ1n) is 11.0. The summed E-state index contributed by atoms with van der Waals surface area (Å²) in [6.07, 6.45) is 4.21. The Labute approximate surface area is 181 Å². The van der Waals surface area contributed by atoms with Crippen molar-refractivity contribution in [2.24, 2.45) is 5.41 Å². The van der Waals surface area contributed by atoms with Crippen LogP contribution >= 0.6 is 0 Å². The van der Waals surface area contributed by atoms with Gasteiger partial charge in [0.1, 0.15) is 11.7 Å². The molecule has 0 unspecified atom stereocenters. The third-order valence-corrected chi connectivity index (χ3v) is 7.02. The van der Waals surface area contributed by atoms with E-state index in [1.165, 1.54) is 11.3 Å². The third kappa shape index (κ3) is 3.32. The average Bonchev–Trinajstić information content (AvgIpc) is 3.42. The molecule has 162 valence electrons. The number of aromatic amines is 2. The number of fused-ring (bicyclic) bond motifs is 2. The standard InChI is InChI=1S/C24H29N5O2/c1-24(2)10-9-16-19(13-24)26-27-22(16)18-11-14-5-6-15(12-17(14)25-18)28(3)23(31)20-7-8-21(30)29(20)4/h5-6,11-12,20,25H,7-10,13H2,1-4H3,(H,26,27)/t20-/m1/s1. The van der Waals surface area contributed by atoms with E-state index < -0.39 is 0 Å². The van der Waals surface area contributed by atoms with Crippen molar-refractivity contribution in [2.75, 3.05) is 19.0 Å². The predicted molar refractivity (Wildman–Crippen MR) is 121 cm³/mol. The lowest BCUT2D eigenvalue weighted by atomic mass is 9.76. The Hall–Kier alpha value is -3.09. The quantitative estimate of drug-likeness (QED) is 0.679. The van der Waals surface area contributed by atoms with Gasteiger partial charge in [-0.25, -0.2) is 0 Å². The van der Waals surface area contributed by atoms with Crippen molar-refractivity contribution >= 4 is 28.4 Å². The molecular weight excluding hydrogens is 390 g/mol. The summed E-state index contributed by atoms with van der Waals surface area (Å²) in [5, 5.41) is 8.96. The first kappa shape index (κ1) is 19.8. The fourth-order valence-corrected chi connectivity index (χ4v) is 4.97. The number of hydrogen-bond acceptors (Lipinski definition) is 3. The van der Waals surface area contributed by atoms with Crippen molar-refractivity contribution in [3.05, 3.63) is 35.5 Å². The highest BCUT2D eigenvalue weighted by Gasteiger charge is 2.35. The van der Waals surface area contributed by atoms with Crippen LogP contribution in [0, 0.1) is 5.41 Å². The lowest BCUT2D eigenvalue weighted by Crippen LogP contribution is -2.43. The van der Waals surface area contributed by atoms with Gasteiger partial charge in [0.05, 0.1) is 5.69 Å². The summed E-state index contributed by atoms with van der Waals surface area (Å²) < 4.78 is 0. The summed E-state index contributed by atoms with van der Waals surface area (Å²) in [7, 11) is 3.48. The Bertz CT molecular complexity index is 1190. The topological polar surface area (TPSA) is 85.1 Å². The van der Waals surface area contributed by atoms with E-state index in [1.807, 2.05) is 18.2 Å². The number of amides is 2. The summed E-state index contributed by atoms with van der Waals surface area (Å²) in [5.74, 6) is -0.0228. The van der Waals surface area contributed by atoms with Gasteiger partial charge < -0.3 is 14.8 Å². The Morgan fingerprint density at radius 2 is 2.06 bits per heavy atom. The zero-order chi connectivity index (χ0) is 21.9. The molecule has 1 aliphatic carbocycles. The monoisotopic (exact) mass is 419 g/mol. The van der Waals surface area contributed by atoms with Crippen LogP contribution in [0.1, 0.15) is 44.4 Å². The molecule has 2 aromatic heterocycles. The normalized spacial score (nSPS) is 20.3. The second-order valence-electron chi connectivity index (χ2n) is 9.78. The van der Waals surface area contributed by atoms with Crippen molar-refractivity contribution in [3.8, 4) is 11.4 Å². The van der Waals surface area contributed by atoms with Crippen molar-refractivity contribution in [2.45, 2.75) is 52.0 Å². The molecule has 7 nitrogen and oxygen atoms in total. The maximum atomic E-state index is 13.0. The summed E-state index contributed by atoms with van der Waals surface area (Å²) >= 11 is 0. The van der Waals surface area contributed by atoms with Crippen LogP contribution in [0.15, 0.2) is 24.3 Å². The highest BCUT2D eigenvalue weighted by atomic mass is 16.2. The number of rotatable bonds is 3. The molecule has 1 saturated heterocycles. The highest BCUT2D eigenvalue weighted by molar-refractivity contribution is 6.01. The Kier molecular flexibility index (Phi) is 4.46. The fourth-order valence-electron chi connectivity index (χ4n) is 4.97. The van der Waals surface area contributed by atoms with Gasteiger partial charge in [0.25, 0.3) is 0 Å². The summed E-state index contributed by atoms with van der Waals surface area (Å²) in [6.45, 7) is 4.61. The van der Waals surface area contributed by atoms with Crippen LogP contribution in [0.25, 0.3) is 22.3 Å². The minimum Gasteiger partial charge on any atom is -0.353 e. The van der Waals surface area contributed by atoms with Gasteiger partial charge in [-0.05, 0) is 49.3 Å². The fraction of sp³-hybridized carbons (Fsp3) is 0.458. The van der Waals surface area contributed by atoms with Crippen LogP contribution < -0.4 is 4.90 Å². The maximum Gasteiger partial charge on any atom is 0.249 e. The molecule has 2 aliphatic rings. The number of likely N-dealkylation sites (tertiary alicyclic amines) is 1. The number of H-pyrrole nitrogens is 2. The number of nitrogens with one attached hydrogen (secondary N) is 2. The molecule has 31 heavy (non-hydrogen) atoms. The van der Waals surface area contributed by atoms with E-state index in [2.05, 4.69) is 35.1 Å². The number of carbonyl (C=O) groups is 2. The Morgan fingerprint density at radius 3 is 2.81 bits per heavy atom. The lowest BCUT2D eigenvalue weighted by Gasteiger charge is -2.28. The maximum absolute atomic E-state index is 13.0. The molecule has 1 aromatic carbocycles. The molecule has 3 heterocycles. The highest BCUT2D eigenvalue weighted by Crippen LogP contribution is 2.38. The molecule has 0 spiro atoms. The summed E-state index contributed by atoms with van der Waals surface area (Å²) in [4.78, 5) is 31.5. The predicted octanol–water partition coefficient (Wildman–Crippen LogP) is 3.66. The van der Waals surface area contributed by atoms with Crippen molar-refractivity contribution < 1.29 is 9.59 Å². The molecule has 0 bridgehead atoms.